The highest BCUT2D eigenvalue weighted by atomic mass is 35.5. The highest BCUT2D eigenvalue weighted by Gasteiger charge is 2.54. The van der Waals surface area contributed by atoms with E-state index in [1.165, 1.54) is 12.4 Å². The molecule has 0 radical (unpaired) electrons. The highest BCUT2D eigenvalue weighted by molar-refractivity contribution is 6.32. The van der Waals surface area contributed by atoms with Crippen molar-refractivity contribution in [1.82, 2.24) is 19.9 Å². The summed E-state index contributed by atoms with van der Waals surface area (Å²) in [6.07, 6.45) is 4.33. The lowest BCUT2D eigenvalue weighted by Gasteiger charge is -2.42. The van der Waals surface area contributed by atoms with Gasteiger partial charge in [0.2, 0.25) is 0 Å². The van der Waals surface area contributed by atoms with Crippen LogP contribution >= 0.6 is 11.6 Å². The van der Waals surface area contributed by atoms with Crippen LogP contribution in [-0.4, -0.2) is 63.3 Å². The lowest BCUT2D eigenvalue weighted by molar-refractivity contribution is -0.0499. The molecule has 13 heteroatoms. The van der Waals surface area contributed by atoms with E-state index in [1.807, 2.05) is 25.7 Å². The molecule has 1 N–H and O–H groups in total. The summed E-state index contributed by atoms with van der Waals surface area (Å²) >= 11 is 5.90. The Morgan fingerprint density at radius 2 is 1.95 bits per heavy atom. The molecule has 1 saturated heterocycles. The summed E-state index contributed by atoms with van der Waals surface area (Å²) in [6.45, 7) is 4.03. The normalized spacial score (nSPS) is 16.7. The number of hydrogen-bond acceptors (Lipinski definition) is 8. The maximum atomic E-state index is 14.8. The van der Waals surface area contributed by atoms with Crippen LogP contribution in [0.5, 0.6) is 5.75 Å². The topological polar surface area (TPSA) is 92.7 Å². The summed E-state index contributed by atoms with van der Waals surface area (Å²) in [4.78, 5) is 29.8. The molecule has 0 bridgehead atoms. The molecule has 1 aromatic carbocycles. The number of ether oxygens (including phenoxy) is 2. The highest BCUT2D eigenvalue weighted by Crippen LogP contribution is 2.45. The fourth-order valence-corrected chi connectivity index (χ4v) is 4.72. The van der Waals surface area contributed by atoms with Crippen molar-refractivity contribution in [2.24, 2.45) is 0 Å². The van der Waals surface area contributed by atoms with Crippen molar-refractivity contribution in [3.05, 3.63) is 41.6 Å². The van der Waals surface area contributed by atoms with Crippen molar-refractivity contribution in [2.75, 3.05) is 29.9 Å². The first kappa shape index (κ1) is 26.1. The number of hydrogen-bond donors (Lipinski definition) is 1. The molecule has 202 valence electrons. The number of alkyl halides is 2. The van der Waals surface area contributed by atoms with E-state index < -0.39 is 28.8 Å². The van der Waals surface area contributed by atoms with Gasteiger partial charge >= 0.3 is 12.7 Å². The van der Waals surface area contributed by atoms with Gasteiger partial charge in [0.1, 0.15) is 34.3 Å². The first-order valence-electron chi connectivity index (χ1n) is 12.0. The maximum Gasteiger partial charge on any atom is 0.410 e. The average molecular weight is 551 g/mol. The summed E-state index contributed by atoms with van der Waals surface area (Å²) in [7, 11) is 0. The number of carbonyl (C=O) groups is 1. The van der Waals surface area contributed by atoms with Crippen molar-refractivity contribution in [1.29, 1.82) is 0 Å². The Morgan fingerprint density at radius 1 is 1.18 bits per heavy atom. The average Bonchev–Trinajstić information content (AvgIpc) is 3.61. The molecular formula is C25H26ClF3N6O3. The summed E-state index contributed by atoms with van der Waals surface area (Å²) in [5.74, 6) is -0.489. The second-order valence-corrected chi connectivity index (χ2v) is 10.7. The van der Waals surface area contributed by atoms with Gasteiger partial charge in [-0.2, -0.15) is 8.78 Å². The van der Waals surface area contributed by atoms with Gasteiger partial charge in [0.05, 0.1) is 22.9 Å². The second kappa shape index (κ2) is 9.64. The van der Waals surface area contributed by atoms with Crippen LogP contribution in [0.1, 0.15) is 33.6 Å². The third-order valence-electron chi connectivity index (χ3n) is 6.44. The number of amides is 1. The molecule has 1 spiro atoms. The molecule has 0 unspecified atom stereocenters. The van der Waals surface area contributed by atoms with Gasteiger partial charge in [-0.15, -0.1) is 0 Å². The van der Waals surface area contributed by atoms with Gasteiger partial charge in [0.15, 0.2) is 5.82 Å². The van der Waals surface area contributed by atoms with E-state index in [0.717, 1.165) is 18.9 Å². The van der Waals surface area contributed by atoms with E-state index in [2.05, 4.69) is 29.9 Å². The van der Waals surface area contributed by atoms with Crippen LogP contribution in [0.15, 0.2) is 30.7 Å². The third kappa shape index (κ3) is 5.22. The molecule has 3 heterocycles. The monoisotopic (exact) mass is 550 g/mol. The van der Waals surface area contributed by atoms with Crippen LogP contribution in [0.2, 0.25) is 5.02 Å². The zero-order valence-electron chi connectivity index (χ0n) is 21.0. The van der Waals surface area contributed by atoms with Crippen LogP contribution in [-0.2, 0) is 4.74 Å². The van der Waals surface area contributed by atoms with Gasteiger partial charge in [-0.1, -0.05) is 11.6 Å². The van der Waals surface area contributed by atoms with Crippen molar-refractivity contribution >= 4 is 45.9 Å². The number of nitrogens with one attached hydrogen (secondary N) is 1. The zero-order valence-corrected chi connectivity index (χ0v) is 21.7. The summed E-state index contributed by atoms with van der Waals surface area (Å²) < 4.78 is 49.8. The molecular weight excluding hydrogens is 525 g/mol. The first-order chi connectivity index (χ1) is 18.0. The predicted molar refractivity (Wildman–Crippen MR) is 136 cm³/mol. The summed E-state index contributed by atoms with van der Waals surface area (Å²) in [5.41, 5.74) is -0.428. The van der Waals surface area contributed by atoms with Gasteiger partial charge in [-0.3, -0.25) is 4.90 Å². The molecule has 2 aromatic heterocycles. The fraction of sp³-hybridized carbons (Fsp3) is 0.440. The largest absolute Gasteiger partial charge is 0.444 e. The molecule has 5 rings (SSSR count). The molecule has 0 atom stereocenters. The molecule has 2 fully saturated rings. The smallest absolute Gasteiger partial charge is 0.410 e. The van der Waals surface area contributed by atoms with Gasteiger partial charge in [-0.25, -0.2) is 24.1 Å². The zero-order chi connectivity index (χ0) is 27.2. The lowest BCUT2D eigenvalue weighted by atomic mass is 10.1. The first-order valence-corrected chi connectivity index (χ1v) is 12.4. The minimum Gasteiger partial charge on any atom is -0.444 e. The number of anilines is 3. The number of carbonyl (C=O) groups excluding carboxylic acids is 1. The van der Waals surface area contributed by atoms with E-state index in [-0.39, 0.29) is 23.1 Å². The Morgan fingerprint density at radius 3 is 2.63 bits per heavy atom. The Balaban J connectivity index is 1.39. The standard InChI is InChI=1S/C25H26ClF3N6O3/c1-24(2,3)38-23(36)35-9-8-34(12-25(35)6-7-25)18-10-14-16(11-30-18)31-13-32-21(14)33-15-4-5-17(37-22(28)29)19(26)20(15)27/h4-5,10-11,13,22H,6-9,12H2,1-3H3,(H,31,32,33). The second-order valence-electron chi connectivity index (χ2n) is 10.3. The van der Waals surface area contributed by atoms with Gasteiger partial charge in [0.25, 0.3) is 0 Å². The summed E-state index contributed by atoms with van der Waals surface area (Å²) in [6, 6.07) is 4.18. The van der Waals surface area contributed by atoms with Crippen LogP contribution < -0.4 is 15.0 Å². The van der Waals surface area contributed by atoms with Crippen molar-refractivity contribution < 1.29 is 27.4 Å². The van der Waals surface area contributed by atoms with E-state index >= 15 is 0 Å². The van der Waals surface area contributed by atoms with Gasteiger partial charge in [-0.05, 0) is 51.8 Å². The molecule has 38 heavy (non-hydrogen) atoms. The van der Waals surface area contributed by atoms with E-state index in [1.54, 1.807) is 12.3 Å². The number of aromatic nitrogens is 3. The molecule has 3 aromatic rings. The van der Waals surface area contributed by atoms with Crippen molar-refractivity contribution in [3.63, 3.8) is 0 Å². The Labute approximate surface area is 221 Å². The number of halogens is 4. The van der Waals surface area contributed by atoms with Crippen LogP contribution in [0.25, 0.3) is 10.9 Å². The van der Waals surface area contributed by atoms with Crippen LogP contribution in [0, 0.1) is 5.82 Å². The van der Waals surface area contributed by atoms with Crippen LogP contribution in [0.4, 0.5) is 35.3 Å². The van der Waals surface area contributed by atoms with Crippen molar-refractivity contribution in [2.45, 2.75) is 51.4 Å². The third-order valence-corrected chi connectivity index (χ3v) is 6.79. The van der Waals surface area contributed by atoms with E-state index in [9.17, 15) is 18.0 Å². The molecule has 1 amide bonds. The quantitative estimate of drug-likeness (QED) is 0.429. The minimum atomic E-state index is -3.14. The SMILES string of the molecule is CC(C)(C)OC(=O)N1CCN(c2cc3c(Nc4ccc(OC(F)F)c(Cl)c4F)ncnc3cn2)CC12CC2. The number of fused-ring (bicyclic) bond motifs is 1. The molecule has 1 aliphatic heterocycles. The van der Waals surface area contributed by atoms with E-state index in [0.29, 0.717) is 36.4 Å². The number of pyridine rings is 1. The maximum absolute atomic E-state index is 14.8. The molecule has 9 nitrogen and oxygen atoms in total. The van der Waals surface area contributed by atoms with Crippen molar-refractivity contribution in [3.8, 4) is 5.75 Å². The van der Waals surface area contributed by atoms with Crippen LogP contribution in [0.3, 0.4) is 0 Å². The number of rotatable bonds is 5. The Kier molecular flexibility index (Phi) is 6.62. The molecule has 1 saturated carbocycles. The fourth-order valence-electron chi connectivity index (χ4n) is 4.51. The van der Waals surface area contributed by atoms with E-state index in [4.69, 9.17) is 16.3 Å². The predicted octanol–water partition coefficient (Wildman–Crippen LogP) is 5.75. The molecule has 2 aliphatic rings. The lowest BCUT2D eigenvalue weighted by Crippen LogP contribution is -2.58. The minimum absolute atomic E-state index is 0.0714. The number of benzene rings is 1. The summed E-state index contributed by atoms with van der Waals surface area (Å²) in [5, 5.41) is 2.86. The Hall–Kier alpha value is -3.54. The molecule has 1 aliphatic carbocycles. The van der Waals surface area contributed by atoms with Gasteiger partial charge in [0, 0.05) is 25.0 Å². The number of piperazine rings is 1. The van der Waals surface area contributed by atoms with Gasteiger partial charge < -0.3 is 19.7 Å². The number of nitrogens with zero attached hydrogens (tertiary/aromatic N) is 5. The Bertz CT molecular complexity index is 1380.